The minimum absolute atomic E-state index is 0.172. The molecule has 1 amide bonds. The Bertz CT molecular complexity index is 570. The van der Waals surface area contributed by atoms with E-state index in [2.05, 4.69) is 14.9 Å². The Balaban J connectivity index is 1.96. The van der Waals surface area contributed by atoms with E-state index in [0.717, 1.165) is 31.7 Å². The maximum Gasteiger partial charge on any atom is 0.410 e. The molecule has 1 saturated heterocycles. The molecule has 1 aromatic heterocycles. The summed E-state index contributed by atoms with van der Waals surface area (Å²) in [7, 11) is 1.77. The van der Waals surface area contributed by atoms with Crippen LogP contribution in [0.2, 0.25) is 5.15 Å². The number of aromatic nitrogens is 2. The zero-order chi connectivity index (χ0) is 17.9. The monoisotopic (exact) mass is 355 g/mol. The second kappa shape index (κ2) is 7.42. The van der Waals surface area contributed by atoms with Crippen molar-refractivity contribution in [1.82, 2.24) is 14.9 Å². The summed E-state index contributed by atoms with van der Waals surface area (Å²) in [6, 6.07) is 1.72. The molecule has 24 heavy (non-hydrogen) atoms. The van der Waals surface area contributed by atoms with Crippen LogP contribution in [0.3, 0.4) is 0 Å². The Morgan fingerprint density at radius 3 is 2.83 bits per heavy atom. The van der Waals surface area contributed by atoms with Crippen molar-refractivity contribution in [3.05, 3.63) is 11.2 Å². The second-order valence-electron chi connectivity index (χ2n) is 7.22. The van der Waals surface area contributed by atoms with Gasteiger partial charge in [-0.1, -0.05) is 11.6 Å². The van der Waals surface area contributed by atoms with E-state index in [-0.39, 0.29) is 12.0 Å². The highest BCUT2D eigenvalue weighted by Gasteiger charge is 2.26. The Hall–Kier alpha value is -1.76. The van der Waals surface area contributed by atoms with E-state index in [1.807, 2.05) is 20.8 Å². The van der Waals surface area contributed by atoms with Gasteiger partial charge in [0.15, 0.2) is 0 Å². The predicted molar refractivity (Wildman–Crippen MR) is 95.3 cm³/mol. The summed E-state index contributed by atoms with van der Waals surface area (Å²) < 4.78 is 5.40. The van der Waals surface area contributed by atoms with Crippen LogP contribution in [-0.2, 0) is 4.74 Å². The lowest BCUT2D eigenvalue weighted by molar-refractivity contribution is 0.0269. The van der Waals surface area contributed by atoms with Crippen LogP contribution in [-0.4, -0.2) is 53.2 Å². The van der Waals surface area contributed by atoms with Gasteiger partial charge in [0.1, 0.15) is 16.6 Å². The first-order valence-electron chi connectivity index (χ1n) is 8.13. The van der Waals surface area contributed by atoms with Gasteiger partial charge in [-0.05, 0) is 39.5 Å². The number of nitrogens with two attached hydrogens (primary N) is 1. The third-order valence-electron chi connectivity index (χ3n) is 3.78. The number of amides is 1. The molecule has 1 aromatic rings. The van der Waals surface area contributed by atoms with Crippen molar-refractivity contribution in [2.75, 3.05) is 37.3 Å². The number of rotatable bonds is 3. The molecule has 0 spiro atoms. The number of hydrogen-bond donors (Lipinski definition) is 1. The van der Waals surface area contributed by atoms with Gasteiger partial charge in [-0.15, -0.1) is 0 Å². The normalized spacial score (nSPS) is 18.4. The standard InChI is InChI=1S/C16H26ClN5O2/c1-16(2,3)24-15(23)21(4)9-11-6-5-7-22(10-11)13-8-12(17)19-14(18)20-13/h8,11H,5-7,9-10H2,1-4H3,(H2,18,19,20). The number of anilines is 2. The maximum atomic E-state index is 12.1. The fourth-order valence-corrected chi connectivity index (χ4v) is 2.99. The van der Waals surface area contributed by atoms with E-state index in [1.54, 1.807) is 18.0 Å². The summed E-state index contributed by atoms with van der Waals surface area (Å²) in [5, 5.41) is 0.338. The lowest BCUT2D eigenvalue weighted by Gasteiger charge is -2.35. The highest BCUT2D eigenvalue weighted by molar-refractivity contribution is 6.29. The molecule has 0 aliphatic carbocycles. The van der Waals surface area contributed by atoms with Crippen LogP contribution in [0.15, 0.2) is 6.07 Å². The quantitative estimate of drug-likeness (QED) is 0.839. The molecule has 1 aliphatic rings. The smallest absolute Gasteiger partial charge is 0.410 e. The molecule has 0 aromatic carbocycles. The zero-order valence-corrected chi connectivity index (χ0v) is 15.5. The van der Waals surface area contributed by atoms with Crippen molar-refractivity contribution in [1.29, 1.82) is 0 Å². The van der Waals surface area contributed by atoms with Crippen molar-refractivity contribution in [3.63, 3.8) is 0 Å². The topological polar surface area (TPSA) is 84.6 Å². The van der Waals surface area contributed by atoms with Gasteiger partial charge in [0.05, 0.1) is 0 Å². The summed E-state index contributed by atoms with van der Waals surface area (Å²) in [4.78, 5) is 24.0. The number of carbonyl (C=O) groups excluding carboxylic acids is 1. The molecule has 1 atom stereocenters. The van der Waals surface area contributed by atoms with Gasteiger partial charge in [0, 0.05) is 32.7 Å². The summed E-state index contributed by atoms with van der Waals surface area (Å²) in [6.45, 7) is 7.91. The SMILES string of the molecule is CN(CC1CCCN(c2cc(Cl)nc(N)n2)C1)C(=O)OC(C)(C)C. The van der Waals surface area contributed by atoms with Gasteiger partial charge in [0.25, 0.3) is 0 Å². The van der Waals surface area contributed by atoms with E-state index in [1.165, 1.54) is 0 Å². The minimum Gasteiger partial charge on any atom is -0.444 e. The molecule has 7 nitrogen and oxygen atoms in total. The average molecular weight is 356 g/mol. The molecule has 1 fully saturated rings. The van der Waals surface area contributed by atoms with E-state index in [9.17, 15) is 4.79 Å². The van der Waals surface area contributed by atoms with Gasteiger partial charge >= 0.3 is 6.09 Å². The van der Waals surface area contributed by atoms with Crippen LogP contribution in [0.5, 0.6) is 0 Å². The molecular formula is C16H26ClN5O2. The molecule has 0 saturated carbocycles. The largest absolute Gasteiger partial charge is 0.444 e. The molecule has 2 N–H and O–H groups in total. The first-order chi connectivity index (χ1) is 11.1. The van der Waals surface area contributed by atoms with Crippen LogP contribution < -0.4 is 10.6 Å². The van der Waals surface area contributed by atoms with Gasteiger partial charge in [0.2, 0.25) is 5.95 Å². The van der Waals surface area contributed by atoms with Gasteiger partial charge < -0.3 is 20.3 Å². The number of hydrogen-bond acceptors (Lipinski definition) is 6. The molecule has 0 bridgehead atoms. The maximum absolute atomic E-state index is 12.1. The van der Waals surface area contributed by atoms with Crippen molar-refractivity contribution >= 4 is 29.5 Å². The highest BCUT2D eigenvalue weighted by atomic mass is 35.5. The Morgan fingerprint density at radius 1 is 1.50 bits per heavy atom. The molecule has 8 heteroatoms. The Morgan fingerprint density at radius 2 is 2.21 bits per heavy atom. The van der Waals surface area contributed by atoms with Gasteiger partial charge in [-0.25, -0.2) is 9.78 Å². The first kappa shape index (κ1) is 18.6. The third-order valence-corrected chi connectivity index (χ3v) is 3.97. The fraction of sp³-hybridized carbons (Fsp3) is 0.688. The van der Waals surface area contributed by atoms with E-state index in [0.29, 0.717) is 17.6 Å². The fourth-order valence-electron chi connectivity index (χ4n) is 2.81. The lowest BCUT2D eigenvalue weighted by Crippen LogP contribution is -2.43. The van der Waals surface area contributed by atoms with E-state index >= 15 is 0 Å². The Kier molecular flexibility index (Phi) is 5.74. The summed E-state index contributed by atoms with van der Waals surface area (Å²) in [5.74, 6) is 1.24. The van der Waals surface area contributed by atoms with Crippen molar-refractivity contribution in [2.45, 2.75) is 39.2 Å². The van der Waals surface area contributed by atoms with Crippen molar-refractivity contribution < 1.29 is 9.53 Å². The number of halogens is 1. The molecule has 1 aliphatic heterocycles. The molecule has 2 heterocycles. The third kappa shape index (κ3) is 5.40. The zero-order valence-electron chi connectivity index (χ0n) is 14.8. The molecule has 1 unspecified atom stereocenters. The van der Waals surface area contributed by atoms with Crippen LogP contribution in [0, 0.1) is 5.92 Å². The number of piperidine rings is 1. The lowest BCUT2D eigenvalue weighted by atomic mass is 9.97. The van der Waals surface area contributed by atoms with E-state index < -0.39 is 5.60 Å². The first-order valence-corrected chi connectivity index (χ1v) is 8.51. The second-order valence-corrected chi connectivity index (χ2v) is 7.61. The summed E-state index contributed by atoms with van der Waals surface area (Å²) >= 11 is 5.97. The summed E-state index contributed by atoms with van der Waals surface area (Å²) in [6.07, 6.45) is 1.78. The number of ether oxygens (including phenoxy) is 1. The average Bonchev–Trinajstić information content (AvgIpc) is 2.44. The minimum atomic E-state index is -0.487. The van der Waals surface area contributed by atoms with Gasteiger partial charge in [-0.2, -0.15) is 4.98 Å². The molecule has 134 valence electrons. The Labute approximate surface area is 148 Å². The van der Waals surface area contributed by atoms with Crippen molar-refractivity contribution in [3.8, 4) is 0 Å². The molecule has 2 rings (SSSR count). The number of carbonyl (C=O) groups is 1. The molecular weight excluding hydrogens is 330 g/mol. The van der Waals surface area contributed by atoms with Crippen LogP contribution in [0.1, 0.15) is 33.6 Å². The van der Waals surface area contributed by atoms with Crippen LogP contribution in [0.4, 0.5) is 16.6 Å². The van der Waals surface area contributed by atoms with Crippen LogP contribution in [0.25, 0.3) is 0 Å². The highest BCUT2D eigenvalue weighted by Crippen LogP contribution is 2.24. The van der Waals surface area contributed by atoms with Crippen molar-refractivity contribution in [2.24, 2.45) is 5.92 Å². The molecule has 0 radical (unpaired) electrons. The van der Waals surface area contributed by atoms with E-state index in [4.69, 9.17) is 22.1 Å². The van der Waals surface area contributed by atoms with Gasteiger partial charge in [-0.3, -0.25) is 0 Å². The van der Waals surface area contributed by atoms with Crippen LogP contribution >= 0.6 is 11.6 Å². The number of nitrogen functional groups attached to an aromatic ring is 1. The number of nitrogens with zero attached hydrogens (tertiary/aromatic N) is 4. The predicted octanol–water partition coefficient (Wildman–Crippen LogP) is 2.80. The summed E-state index contributed by atoms with van der Waals surface area (Å²) in [5.41, 5.74) is 5.19.